The van der Waals surface area contributed by atoms with E-state index >= 15 is 0 Å². The number of hydrogen-bond donors (Lipinski definition) is 2. The van der Waals surface area contributed by atoms with Crippen molar-refractivity contribution in [3.63, 3.8) is 0 Å². The van der Waals surface area contributed by atoms with E-state index in [-0.39, 0.29) is 19.0 Å². The average Bonchev–Trinajstić information content (AvgIpc) is 2.42. The van der Waals surface area contributed by atoms with Crippen molar-refractivity contribution in [1.82, 2.24) is 10.2 Å². The van der Waals surface area contributed by atoms with Crippen LogP contribution < -0.4 is 5.32 Å². The summed E-state index contributed by atoms with van der Waals surface area (Å²) in [7, 11) is 1.64. The number of urea groups is 1. The Morgan fingerprint density at radius 1 is 1.26 bits per heavy atom. The number of amides is 2. The predicted octanol–water partition coefficient (Wildman–Crippen LogP) is 2.32. The van der Waals surface area contributed by atoms with Gasteiger partial charge in [0, 0.05) is 20.1 Å². The number of carbonyl (C=O) groups excluding carboxylic acids is 1. The van der Waals surface area contributed by atoms with Gasteiger partial charge in [-0.25, -0.2) is 4.79 Å². The number of carbonyl (C=O) groups is 2. The van der Waals surface area contributed by atoms with Gasteiger partial charge >= 0.3 is 12.0 Å². The Bertz CT molecular complexity index is 307. The second kappa shape index (κ2) is 8.02. The average molecular weight is 270 g/mol. The molecule has 1 aliphatic rings. The second-order valence-electron chi connectivity index (χ2n) is 5.46. The Balaban J connectivity index is 2.29. The fourth-order valence-corrected chi connectivity index (χ4v) is 2.81. The van der Waals surface area contributed by atoms with Crippen molar-refractivity contribution in [3.05, 3.63) is 0 Å². The van der Waals surface area contributed by atoms with E-state index in [9.17, 15) is 9.59 Å². The number of aliphatic carboxylic acids is 1. The maximum atomic E-state index is 11.8. The third-order valence-electron chi connectivity index (χ3n) is 4.11. The summed E-state index contributed by atoms with van der Waals surface area (Å²) in [4.78, 5) is 23.7. The molecule has 1 rings (SSSR count). The van der Waals surface area contributed by atoms with Gasteiger partial charge in [-0.3, -0.25) is 4.79 Å². The number of carboxylic acids is 1. The van der Waals surface area contributed by atoms with Gasteiger partial charge in [0.05, 0.1) is 6.42 Å². The molecule has 0 radical (unpaired) electrons. The van der Waals surface area contributed by atoms with Crippen LogP contribution in [0, 0.1) is 11.8 Å². The fourth-order valence-electron chi connectivity index (χ4n) is 2.81. The lowest BCUT2D eigenvalue weighted by Gasteiger charge is -2.31. The first-order chi connectivity index (χ1) is 9.04. The van der Waals surface area contributed by atoms with E-state index < -0.39 is 5.97 Å². The molecule has 1 aliphatic carbocycles. The third kappa shape index (κ3) is 5.49. The summed E-state index contributed by atoms with van der Waals surface area (Å²) in [5, 5.41) is 11.5. The highest BCUT2D eigenvalue weighted by Crippen LogP contribution is 2.31. The van der Waals surface area contributed by atoms with E-state index in [1.165, 1.54) is 37.0 Å². The molecule has 0 aromatic carbocycles. The largest absolute Gasteiger partial charge is 0.481 e. The van der Waals surface area contributed by atoms with Gasteiger partial charge in [0.25, 0.3) is 0 Å². The van der Waals surface area contributed by atoms with Gasteiger partial charge < -0.3 is 15.3 Å². The number of nitrogens with zero attached hydrogens (tertiary/aromatic N) is 1. The first kappa shape index (κ1) is 15.8. The highest BCUT2D eigenvalue weighted by atomic mass is 16.4. The van der Waals surface area contributed by atoms with Crippen molar-refractivity contribution >= 4 is 12.0 Å². The summed E-state index contributed by atoms with van der Waals surface area (Å²) in [6.45, 7) is 3.18. The van der Waals surface area contributed by atoms with Crippen LogP contribution >= 0.6 is 0 Å². The summed E-state index contributed by atoms with van der Waals surface area (Å²) in [5.41, 5.74) is 0. The molecule has 19 heavy (non-hydrogen) atoms. The lowest BCUT2D eigenvalue weighted by atomic mass is 9.78. The highest BCUT2D eigenvalue weighted by molar-refractivity contribution is 5.74. The standard InChI is InChI=1S/C14H26N2O3/c1-3-11-6-4-5-7-12(11)10-15-14(19)16(2)9-8-13(17)18/h11-12H,3-10H2,1-2H3,(H,15,19)(H,17,18). The van der Waals surface area contributed by atoms with Crippen molar-refractivity contribution in [3.8, 4) is 0 Å². The molecule has 1 fully saturated rings. The highest BCUT2D eigenvalue weighted by Gasteiger charge is 2.24. The Kier molecular flexibility index (Phi) is 6.67. The molecule has 2 unspecified atom stereocenters. The van der Waals surface area contributed by atoms with E-state index in [4.69, 9.17) is 5.11 Å². The maximum Gasteiger partial charge on any atom is 0.317 e. The summed E-state index contributed by atoms with van der Waals surface area (Å²) in [6, 6.07) is -0.165. The van der Waals surface area contributed by atoms with Gasteiger partial charge in [0.2, 0.25) is 0 Å². The first-order valence-corrected chi connectivity index (χ1v) is 7.25. The van der Waals surface area contributed by atoms with E-state index in [2.05, 4.69) is 12.2 Å². The van der Waals surface area contributed by atoms with Crippen LogP contribution in [0.3, 0.4) is 0 Å². The second-order valence-corrected chi connectivity index (χ2v) is 5.46. The van der Waals surface area contributed by atoms with Crippen molar-refractivity contribution in [2.45, 2.75) is 45.4 Å². The molecule has 5 heteroatoms. The van der Waals surface area contributed by atoms with E-state index in [1.807, 2.05) is 0 Å². The number of rotatable bonds is 6. The van der Waals surface area contributed by atoms with E-state index in [1.54, 1.807) is 7.05 Å². The van der Waals surface area contributed by atoms with Crippen molar-refractivity contribution in [1.29, 1.82) is 0 Å². The number of hydrogen-bond acceptors (Lipinski definition) is 2. The van der Waals surface area contributed by atoms with Crippen LogP contribution in [-0.2, 0) is 4.79 Å². The zero-order chi connectivity index (χ0) is 14.3. The molecule has 2 atom stereocenters. The molecular weight excluding hydrogens is 244 g/mol. The van der Waals surface area contributed by atoms with Crippen LogP contribution in [0.2, 0.25) is 0 Å². The topological polar surface area (TPSA) is 69.6 Å². The molecule has 0 spiro atoms. The van der Waals surface area contributed by atoms with Gasteiger partial charge in [0.15, 0.2) is 0 Å². The molecule has 0 aromatic heterocycles. The molecule has 1 saturated carbocycles. The van der Waals surface area contributed by atoms with E-state index in [0.29, 0.717) is 5.92 Å². The Morgan fingerprint density at radius 2 is 1.89 bits per heavy atom. The molecule has 0 bridgehead atoms. The van der Waals surface area contributed by atoms with Crippen molar-refractivity contribution in [2.24, 2.45) is 11.8 Å². The quantitative estimate of drug-likeness (QED) is 0.778. The van der Waals surface area contributed by atoms with Crippen molar-refractivity contribution < 1.29 is 14.7 Å². The van der Waals surface area contributed by atoms with Gasteiger partial charge in [-0.05, 0) is 18.3 Å². The lowest BCUT2D eigenvalue weighted by molar-refractivity contribution is -0.137. The summed E-state index contributed by atoms with van der Waals surface area (Å²) < 4.78 is 0. The van der Waals surface area contributed by atoms with Gasteiger partial charge in [-0.1, -0.05) is 32.6 Å². The normalized spacial score (nSPS) is 22.8. The molecule has 0 heterocycles. The van der Waals surface area contributed by atoms with Crippen LogP contribution in [0.15, 0.2) is 0 Å². The Morgan fingerprint density at radius 3 is 2.47 bits per heavy atom. The molecular formula is C14H26N2O3. The predicted molar refractivity (Wildman–Crippen MR) is 74.0 cm³/mol. The summed E-state index contributed by atoms with van der Waals surface area (Å²) in [6.07, 6.45) is 6.19. The summed E-state index contributed by atoms with van der Waals surface area (Å²) in [5.74, 6) is 0.423. The monoisotopic (exact) mass is 270 g/mol. The summed E-state index contributed by atoms with van der Waals surface area (Å²) >= 11 is 0. The third-order valence-corrected chi connectivity index (χ3v) is 4.11. The van der Waals surface area contributed by atoms with Gasteiger partial charge in [-0.15, -0.1) is 0 Å². The van der Waals surface area contributed by atoms with Crippen LogP contribution in [0.5, 0.6) is 0 Å². The van der Waals surface area contributed by atoms with Gasteiger partial charge in [0.1, 0.15) is 0 Å². The molecule has 2 amide bonds. The molecule has 110 valence electrons. The van der Waals surface area contributed by atoms with Gasteiger partial charge in [-0.2, -0.15) is 0 Å². The van der Waals surface area contributed by atoms with Crippen LogP contribution in [0.4, 0.5) is 4.79 Å². The molecule has 0 saturated heterocycles. The Hall–Kier alpha value is -1.26. The molecule has 2 N–H and O–H groups in total. The lowest BCUT2D eigenvalue weighted by Crippen LogP contribution is -2.42. The smallest absolute Gasteiger partial charge is 0.317 e. The fraction of sp³-hybridized carbons (Fsp3) is 0.857. The minimum Gasteiger partial charge on any atom is -0.481 e. The van der Waals surface area contributed by atoms with Crippen molar-refractivity contribution in [2.75, 3.05) is 20.1 Å². The molecule has 0 aliphatic heterocycles. The zero-order valence-corrected chi connectivity index (χ0v) is 12.0. The minimum absolute atomic E-state index is 0.00899. The van der Waals surface area contributed by atoms with Crippen LogP contribution in [-0.4, -0.2) is 42.1 Å². The Labute approximate surface area is 115 Å². The van der Waals surface area contributed by atoms with E-state index in [0.717, 1.165) is 12.5 Å². The maximum absolute atomic E-state index is 11.8. The molecule has 5 nitrogen and oxygen atoms in total. The SMILES string of the molecule is CCC1CCCCC1CNC(=O)N(C)CCC(=O)O. The minimum atomic E-state index is -0.877. The molecule has 0 aromatic rings. The van der Waals surface area contributed by atoms with Crippen LogP contribution in [0.25, 0.3) is 0 Å². The number of carboxylic acid groups (broad SMARTS) is 1. The zero-order valence-electron chi connectivity index (χ0n) is 12.0. The number of nitrogens with one attached hydrogen (secondary N) is 1. The van der Waals surface area contributed by atoms with Crippen LogP contribution in [0.1, 0.15) is 45.4 Å². The first-order valence-electron chi connectivity index (χ1n) is 7.25.